The number of hydrogen-bond acceptors (Lipinski definition) is 5. The number of carbonyl (C=O) groups is 1. The molecule has 2 aliphatic rings. The van der Waals surface area contributed by atoms with Crippen LogP contribution in [0.3, 0.4) is 0 Å². The highest BCUT2D eigenvalue weighted by molar-refractivity contribution is 6.05. The van der Waals surface area contributed by atoms with Crippen LogP contribution >= 0.6 is 0 Å². The summed E-state index contributed by atoms with van der Waals surface area (Å²) in [6, 6.07) is 20.7. The van der Waals surface area contributed by atoms with Crippen molar-refractivity contribution in [3.05, 3.63) is 77.4 Å². The van der Waals surface area contributed by atoms with Gasteiger partial charge in [0.15, 0.2) is 0 Å². The third-order valence-electron chi connectivity index (χ3n) is 7.00. The fourth-order valence-electron chi connectivity index (χ4n) is 4.96. The minimum absolute atomic E-state index is 0.136. The number of likely N-dealkylation sites (N-methyl/N-ethyl adjacent to an activating group) is 2. The average Bonchev–Trinajstić information content (AvgIpc) is 3.36. The van der Waals surface area contributed by atoms with Gasteiger partial charge >= 0.3 is 0 Å². The Labute approximate surface area is 192 Å². The van der Waals surface area contributed by atoms with E-state index < -0.39 is 0 Å². The molecule has 0 radical (unpaired) electrons. The van der Waals surface area contributed by atoms with E-state index in [0.717, 1.165) is 36.1 Å². The molecule has 1 saturated carbocycles. The standard InChI is InChI=1S/C26H26N6O/c1-31-11-10-17-12-16(6-9-24(17)31)21-15-25(21)32(2)20-5-3-4-18(13-20)26(33)27-19-7-8-22-23(14-19)29-30-28-22/h3-9,12-14,21,25H,10-11,15H2,1-2H3,(H,27,33)(H,28,29,30). The SMILES string of the molecule is CN1CCc2cc(C3CC3N(C)c3cccc(C(=O)Nc4ccc5n[nH]nc5c4)c3)ccc21. The molecule has 166 valence electrons. The Hall–Kier alpha value is -3.87. The molecule has 7 heteroatoms. The van der Waals surface area contributed by atoms with Crippen molar-refractivity contribution in [3.8, 4) is 0 Å². The summed E-state index contributed by atoms with van der Waals surface area (Å²) < 4.78 is 0. The van der Waals surface area contributed by atoms with Crippen molar-refractivity contribution < 1.29 is 4.79 Å². The summed E-state index contributed by atoms with van der Waals surface area (Å²) in [5.41, 5.74) is 8.14. The Morgan fingerprint density at radius 2 is 1.97 bits per heavy atom. The molecule has 0 spiro atoms. The lowest BCUT2D eigenvalue weighted by atomic mass is 10.0. The molecule has 1 aliphatic carbocycles. The van der Waals surface area contributed by atoms with Gasteiger partial charge in [-0.2, -0.15) is 15.4 Å². The van der Waals surface area contributed by atoms with E-state index in [1.165, 1.54) is 16.8 Å². The fraction of sp³-hybridized carbons (Fsp3) is 0.269. The molecule has 2 unspecified atom stereocenters. The maximum Gasteiger partial charge on any atom is 0.255 e. The highest BCUT2D eigenvalue weighted by Crippen LogP contribution is 2.47. The number of nitrogens with one attached hydrogen (secondary N) is 2. The van der Waals surface area contributed by atoms with Crippen LogP contribution in [0, 0.1) is 0 Å². The van der Waals surface area contributed by atoms with Crippen molar-refractivity contribution in [2.24, 2.45) is 0 Å². The van der Waals surface area contributed by atoms with Gasteiger partial charge in [-0.1, -0.05) is 18.2 Å². The highest BCUT2D eigenvalue weighted by atomic mass is 16.1. The van der Waals surface area contributed by atoms with E-state index in [4.69, 9.17) is 0 Å². The predicted molar refractivity (Wildman–Crippen MR) is 131 cm³/mol. The number of nitrogens with zero attached hydrogens (tertiary/aromatic N) is 4. The molecule has 0 saturated heterocycles. The van der Waals surface area contributed by atoms with Crippen molar-refractivity contribution in [2.45, 2.75) is 24.8 Å². The van der Waals surface area contributed by atoms with Crippen LogP contribution in [0.25, 0.3) is 11.0 Å². The molecular weight excluding hydrogens is 412 g/mol. The van der Waals surface area contributed by atoms with Crippen LogP contribution in [0.4, 0.5) is 17.1 Å². The van der Waals surface area contributed by atoms with Crippen LogP contribution in [0.2, 0.25) is 0 Å². The molecular formula is C26H26N6O. The number of amides is 1. The van der Waals surface area contributed by atoms with Crippen LogP contribution in [0.15, 0.2) is 60.7 Å². The van der Waals surface area contributed by atoms with Gasteiger partial charge in [0.05, 0.1) is 0 Å². The molecule has 1 aliphatic heterocycles. The molecule has 1 fully saturated rings. The maximum atomic E-state index is 12.9. The van der Waals surface area contributed by atoms with Crippen LogP contribution in [0.1, 0.15) is 33.8 Å². The van der Waals surface area contributed by atoms with Crippen LogP contribution < -0.4 is 15.1 Å². The fourth-order valence-corrected chi connectivity index (χ4v) is 4.96. The van der Waals surface area contributed by atoms with Crippen molar-refractivity contribution in [1.29, 1.82) is 0 Å². The number of anilines is 3. The zero-order valence-electron chi connectivity index (χ0n) is 18.7. The third-order valence-corrected chi connectivity index (χ3v) is 7.00. The summed E-state index contributed by atoms with van der Waals surface area (Å²) in [4.78, 5) is 17.5. The Bertz CT molecular complexity index is 1360. The van der Waals surface area contributed by atoms with Gasteiger partial charge in [0.2, 0.25) is 0 Å². The first-order chi connectivity index (χ1) is 16.1. The molecule has 0 bridgehead atoms. The zero-order valence-corrected chi connectivity index (χ0v) is 18.7. The molecule has 2 atom stereocenters. The number of hydrogen-bond donors (Lipinski definition) is 2. The number of rotatable bonds is 5. The van der Waals surface area contributed by atoms with Gasteiger partial charge in [-0.3, -0.25) is 4.79 Å². The lowest BCUT2D eigenvalue weighted by Gasteiger charge is -2.21. The number of aromatic amines is 1. The van der Waals surface area contributed by atoms with Crippen LogP contribution in [0.5, 0.6) is 0 Å². The van der Waals surface area contributed by atoms with E-state index in [-0.39, 0.29) is 5.91 Å². The topological polar surface area (TPSA) is 77.1 Å². The Kier molecular flexibility index (Phi) is 4.57. The molecule has 1 amide bonds. The summed E-state index contributed by atoms with van der Waals surface area (Å²) in [6.45, 7) is 1.11. The van der Waals surface area contributed by atoms with E-state index in [1.54, 1.807) is 0 Å². The molecule has 33 heavy (non-hydrogen) atoms. The summed E-state index contributed by atoms with van der Waals surface area (Å²) in [5, 5.41) is 13.7. The number of fused-ring (bicyclic) bond motifs is 2. The summed E-state index contributed by atoms with van der Waals surface area (Å²) in [7, 11) is 4.29. The van der Waals surface area contributed by atoms with Crippen molar-refractivity contribution in [2.75, 3.05) is 35.8 Å². The summed E-state index contributed by atoms with van der Waals surface area (Å²) >= 11 is 0. The molecule has 7 nitrogen and oxygen atoms in total. The van der Waals surface area contributed by atoms with Gasteiger partial charge in [0, 0.05) is 55.2 Å². The van der Waals surface area contributed by atoms with Gasteiger partial charge in [-0.25, -0.2) is 0 Å². The summed E-state index contributed by atoms with van der Waals surface area (Å²) in [6.07, 6.45) is 2.27. The quantitative estimate of drug-likeness (QED) is 0.489. The number of H-pyrrole nitrogens is 1. The first-order valence-electron chi connectivity index (χ1n) is 11.4. The second-order valence-corrected chi connectivity index (χ2v) is 9.11. The van der Waals surface area contributed by atoms with Gasteiger partial charge < -0.3 is 15.1 Å². The Balaban J connectivity index is 1.16. The maximum absolute atomic E-state index is 12.9. The Morgan fingerprint density at radius 1 is 1.09 bits per heavy atom. The second-order valence-electron chi connectivity index (χ2n) is 9.11. The zero-order chi connectivity index (χ0) is 22.5. The van der Waals surface area contributed by atoms with Gasteiger partial charge in [0.1, 0.15) is 11.0 Å². The van der Waals surface area contributed by atoms with Gasteiger partial charge in [-0.15, -0.1) is 0 Å². The van der Waals surface area contributed by atoms with Crippen molar-refractivity contribution in [1.82, 2.24) is 15.4 Å². The van der Waals surface area contributed by atoms with Crippen molar-refractivity contribution in [3.63, 3.8) is 0 Å². The third kappa shape index (κ3) is 3.59. The molecule has 2 N–H and O–H groups in total. The average molecular weight is 439 g/mol. The number of benzene rings is 3. The van der Waals surface area contributed by atoms with E-state index in [2.05, 4.69) is 68.9 Å². The first kappa shape index (κ1) is 19.8. The molecule has 3 aromatic carbocycles. The minimum Gasteiger partial charge on any atom is -0.374 e. The largest absolute Gasteiger partial charge is 0.374 e. The molecule has 6 rings (SSSR count). The number of aromatic nitrogens is 3. The molecule has 1 aromatic heterocycles. The van der Waals surface area contributed by atoms with E-state index in [0.29, 0.717) is 23.2 Å². The lowest BCUT2D eigenvalue weighted by Crippen LogP contribution is -2.22. The van der Waals surface area contributed by atoms with E-state index in [1.807, 2.05) is 36.4 Å². The monoisotopic (exact) mass is 438 g/mol. The predicted octanol–water partition coefficient (Wildman–Crippen LogP) is 4.19. The van der Waals surface area contributed by atoms with Gasteiger partial charge in [-0.05, 0) is 66.4 Å². The smallest absolute Gasteiger partial charge is 0.255 e. The van der Waals surface area contributed by atoms with Crippen LogP contribution in [-0.2, 0) is 6.42 Å². The normalized spacial score (nSPS) is 18.9. The first-order valence-corrected chi connectivity index (χ1v) is 11.4. The number of carbonyl (C=O) groups excluding carboxylic acids is 1. The van der Waals surface area contributed by atoms with E-state index >= 15 is 0 Å². The molecule has 4 aromatic rings. The van der Waals surface area contributed by atoms with Crippen LogP contribution in [-0.4, -0.2) is 48.0 Å². The minimum atomic E-state index is -0.136. The van der Waals surface area contributed by atoms with Gasteiger partial charge in [0.25, 0.3) is 5.91 Å². The lowest BCUT2D eigenvalue weighted by molar-refractivity contribution is 0.102. The highest BCUT2D eigenvalue weighted by Gasteiger charge is 2.42. The Morgan fingerprint density at radius 3 is 2.88 bits per heavy atom. The summed E-state index contributed by atoms with van der Waals surface area (Å²) in [5.74, 6) is 0.404. The van der Waals surface area contributed by atoms with Crippen molar-refractivity contribution >= 4 is 34.0 Å². The van der Waals surface area contributed by atoms with E-state index in [9.17, 15) is 4.79 Å². The molecule has 2 heterocycles. The second kappa shape index (κ2) is 7.62.